The van der Waals surface area contributed by atoms with E-state index < -0.39 is 5.97 Å². The first-order valence-electron chi connectivity index (χ1n) is 6.92. The van der Waals surface area contributed by atoms with Gasteiger partial charge in [-0.1, -0.05) is 30.3 Å². The molecule has 0 aliphatic rings. The number of nitrogens with zero attached hydrogens (tertiary/aromatic N) is 1. The minimum absolute atomic E-state index is 0.295. The molecule has 0 bridgehead atoms. The van der Waals surface area contributed by atoms with Crippen molar-refractivity contribution in [3.63, 3.8) is 0 Å². The van der Waals surface area contributed by atoms with E-state index in [2.05, 4.69) is 4.98 Å². The Kier molecular flexibility index (Phi) is 4.01. The maximum Gasteiger partial charge on any atom is 0.341 e. The molecule has 0 N–H and O–H groups in total. The summed E-state index contributed by atoms with van der Waals surface area (Å²) in [6.07, 6.45) is 1.71. The molecule has 110 valence electrons. The third-order valence-corrected chi connectivity index (χ3v) is 3.35. The number of benzene rings is 2. The van der Waals surface area contributed by atoms with Gasteiger partial charge in [-0.3, -0.25) is 4.98 Å². The minimum Gasteiger partial charge on any atom is -0.486 e. The van der Waals surface area contributed by atoms with Gasteiger partial charge in [0.1, 0.15) is 17.9 Å². The minimum atomic E-state index is -0.415. The fourth-order valence-electron chi connectivity index (χ4n) is 2.24. The molecule has 0 spiro atoms. The Morgan fingerprint density at radius 2 is 1.77 bits per heavy atom. The molecule has 1 aromatic heterocycles. The number of fused-ring (bicyclic) bond motifs is 1. The van der Waals surface area contributed by atoms with Crippen LogP contribution >= 0.6 is 0 Å². The van der Waals surface area contributed by atoms with Crippen molar-refractivity contribution in [2.24, 2.45) is 0 Å². The molecule has 1 heterocycles. The molecule has 0 aliphatic heterocycles. The number of esters is 1. The first-order valence-corrected chi connectivity index (χ1v) is 6.92. The zero-order valence-corrected chi connectivity index (χ0v) is 12.2. The van der Waals surface area contributed by atoms with E-state index in [9.17, 15) is 4.79 Å². The fourth-order valence-corrected chi connectivity index (χ4v) is 2.24. The van der Waals surface area contributed by atoms with Gasteiger partial charge in [0.15, 0.2) is 0 Å². The highest BCUT2D eigenvalue weighted by Crippen LogP contribution is 2.27. The summed E-state index contributed by atoms with van der Waals surface area (Å²) in [6, 6.07) is 17.1. The summed E-state index contributed by atoms with van der Waals surface area (Å²) in [6.45, 7) is 0.295. The van der Waals surface area contributed by atoms with Crippen molar-refractivity contribution in [3.05, 3.63) is 72.1 Å². The molecule has 0 atom stereocenters. The molecule has 0 radical (unpaired) electrons. The maximum atomic E-state index is 12.0. The molecular weight excluding hydrogens is 278 g/mol. The van der Waals surface area contributed by atoms with Crippen LogP contribution in [0, 0.1) is 0 Å². The van der Waals surface area contributed by atoms with Crippen LogP contribution in [-0.2, 0) is 11.3 Å². The molecular formula is C18H15NO3. The average Bonchev–Trinajstić information content (AvgIpc) is 2.59. The second kappa shape index (κ2) is 6.26. The van der Waals surface area contributed by atoms with Gasteiger partial charge < -0.3 is 9.47 Å². The van der Waals surface area contributed by atoms with Crippen molar-refractivity contribution in [1.29, 1.82) is 0 Å². The number of aromatic nitrogens is 1. The van der Waals surface area contributed by atoms with E-state index in [4.69, 9.17) is 9.47 Å². The summed E-state index contributed by atoms with van der Waals surface area (Å²) >= 11 is 0. The van der Waals surface area contributed by atoms with Gasteiger partial charge in [0.05, 0.1) is 12.8 Å². The quantitative estimate of drug-likeness (QED) is 0.690. The standard InChI is InChI=1S/C18H15NO3/c1-21-18(20)16-10-13-6-2-3-7-14(13)11-17(16)22-12-15-8-4-5-9-19-15/h2-11H,12H2,1H3. The Labute approximate surface area is 128 Å². The van der Waals surface area contributed by atoms with Gasteiger partial charge in [0.25, 0.3) is 0 Å². The maximum absolute atomic E-state index is 12.0. The number of carbonyl (C=O) groups is 1. The van der Waals surface area contributed by atoms with Crippen molar-refractivity contribution >= 4 is 16.7 Å². The second-order valence-corrected chi connectivity index (χ2v) is 4.80. The summed E-state index contributed by atoms with van der Waals surface area (Å²) in [4.78, 5) is 16.2. The number of methoxy groups -OCH3 is 1. The number of ether oxygens (including phenoxy) is 2. The van der Waals surface area contributed by atoms with Gasteiger partial charge in [-0.15, -0.1) is 0 Å². The van der Waals surface area contributed by atoms with E-state index in [0.29, 0.717) is 17.9 Å². The molecule has 3 rings (SSSR count). The number of carbonyl (C=O) groups excluding carboxylic acids is 1. The van der Waals surface area contributed by atoms with Crippen molar-refractivity contribution in [2.45, 2.75) is 6.61 Å². The third-order valence-electron chi connectivity index (χ3n) is 3.35. The van der Waals surface area contributed by atoms with Crippen molar-refractivity contribution in [3.8, 4) is 5.75 Å². The molecule has 0 aliphatic carbocycles. The van der Waals surface area contributed by atoms with E-state index in [1.165, 1.54) is 7.11 Å². The molecule has 0 unspecified atom stereocenters. The monoisotopic (exact) mass is 293 g/mol. The van der Waals surface area contributed by atoms with Gasteiger partial charge in [-0.25, -0.2) is 4.79 Å². The van der Waals surface area contributed by atoms with E-state index in [-0.39, 0.29) is 0 Å². The second-order valence-electron chi connectivity index (χ2n) is 4.80. The number of pyridine rings is 1. The molecule has 0 fully saturated rings. The zero-order valence-electron chi connectivity index (χ0n) is 12.2. The molecule has 0 saturated carbocycles. The molecule has 0 saturated heterocycles. The van der Waals surface area contributed by atoms with E-state index in [1.54, 1.807) is 12.3 Å². The average molecular weight is 293 g/mol. The summed E-state index contributed by atoms with van der Waals surface area (Å²) < 4.78 is 10.6. The van der Waals surface area contributed by atoms with Crippen LogP contribution < -0.4 is 4.74 Å². The summed E-state index contributed by atoms with van der Waals surface area (Å²) in [5, 5.41) is 1.97. The predicted molar refractivity (Wildman–Crippen MR) is 83.9 cm³/mol. The van der Waals surface area contributed by atoms with Gasteiger partial charge in [-0.05, 0) is 35.0 Å². The Balaban J connectivity index is 1.97. The number of hydrogen-bond acceptors (Lipinski definition) is 4. The largest absolute Gasteiger partial charge is 0.486 e. The molecule has 22 heavy (non-hydrogen) atoms. The first kappa shape index (κ1) is 14.1. The SMILES string of the molecule is COC(=O)c1cc2ccccc2cc1OCc1ccccn1. The number of hydrogen-bond donors (Lipinski definition) is 0. The van der Waals surface area contributed by atoms with Crippen molar-refractivity contribution in [1.82, 2.24) is 4.98 Å². The lowest BCUT2D eigenvalue weighted by molar-refractivity contribution is 0.0595. The molecule has 4 heteroatoms. The lowest BCUT2D eigenvalue weighted by Gasteiger charge is -2.11. The highest BCUT2D eigenvalue weighted by molar-refractivity contribution is 5.98. The zero-order chi connectivity index (χ0) is 15.4. The Morgan fingerprint density at radius 3 is 2.45 bits per heavy atom. The van der Waals surface area contributed by atoms with Crippen LogP contribution in [0.15, 0.2) is 60.8 Å². The van der Waals surface area contributed by atoms with Gasteiger partial charge >= 0.3 is 5.97 Å². The molecule has 0 amide bonds. The van der Waals surface area contributed by atoms with E-state index >= 15 is 0 Å². The van der Waals surface area contributed by atoms with Gasteiger partial charge in [0, 0.05) is 6.20 Å². The molecule has 3 aromatic rings. The van der Waals surface area contributed by atoms with Gasteiger partial charge in [-0.2, -0.15) is 0 Å². The van der Waals surface area contributed by atoms with Crippen LogP contribution in [-0.4, -0.2) is 18.1 Å². The van der Waals surface area contributed by atoms with Crippen LogP contribution in [0.3, 0.4) is 0 Å². The van der Waals surface area contributed by atoms with E-state index in [0.717, 1.165) is 16.5 Å². The van der Waals surface area contributed by atoms with Crippen molar-refractivity contribution < 1.29 is 14.3 Å². The third kappa shape index (κ3) is 2.91. The van der Waals surface area contributed by atoms with Crippen LogP contribution in [0.25, 0.3) is 10.8 Å². The Bertz CT molecular complexity index is 800. The fraction of sp³-hybridized carbons (Fsp3) is 0.111. The van der Waals surface area contributed by atoms with Crippen LogP contribution in [0.4, 0.5) is 0 Å². The predicted octanol–water partition coefficient (Wildman–Crippen LogP) is 3.60. The Hall–Kier alpha value is -2.88. The van der Waals surface area contributed by atoms with Crippen LogP contribution in [0.1, 0.15) is 16.1 Å². The lowest BCUT2D eigenvalue weighted by atomic mass is 10.1. The number of rotatable bonds is 4. The summed E-state index contributed by atoms with van der Waals surface area (Å²) in [7, 11) is 1.36. The normalized spacial score (nSPS) is 10.4. The molecule has 4 nitrogen and oxygen atoms in total. The van der Waals surface area contributed by atoms with Crippen LogP contribution in [0.5, 0.6) is 5.75 Å². The summed E-state index contributed by atoms with van der Waals surface area (Å²) in [5.41, 5.74) is 1.21. The highest BCUT2D eigenvalue weighted by atomic mass is 16.5. The molecule has 2 aromatic carbocycles. The lowest BCUT2D eigenvalue weighted by Crippen LogP contribution is -2.06. The van der Waals surface area contributed by atoms with Crippen molar-refractivity contribution in [2.75, 3.05) is 7.11 Å². The first-order chi connectivity index (χ1) is 10.8. The highest BCUT2D eigenvalue weighted by Gasteiger charge is 2.14. The van der Waals surface area contributed by atoms with Crippen LogP contribution in [0.2, 0.25) is 0 Å². The summed E-state index contributed by atoms with van der Waals surface area (Å²) in [5.74, 6) is 0.0815. The van der Waals surface area contributed by atoms with Gasteiger partial charge in [0.2, 0.25) is 0 Å². The topological polar surface area (TPSA) is 48.4 Å². The smallest absolute Gasteiger partial charge is 0.341 e. The van der Waals surface area contributed by atoms with E-state index in [1.807, 2.05) is 48.5 Å². The Morgan fingerprint density at radius 1 is 1.05 bits per heavy atom.